The zero-order valence-corrected chi connectivity index (χ0v) is 15.4. The van der Waals surface area contributed by atoms with Gasteiger partial charge in [-0.05, 0) is 37.1 Å². The molecule has 1 aliphatic carbocycles. The quantitative estimate of drug-likeness (QED) is 0.825. The van der Waals surface area contributed by atoms with Gasteiger partial charge in [0.25, 0.3) is 0 Å². The molecule has 0 atom stereocenters. The lowest BCUT2D eigenvalue weighted by Gasteiger charge is -2.31. The average molecular weight is 385 g/mol. The van der Waals surface area contributed by atoms with E-state index >= 15 is 0 Å². The molecule has 0 unspecified atom stereocenters. The van der Waals surface area contributed by atoms with Gasteiger partial charge in [-0.15, -0.1) is 12.4 Å². The van der Waals surface area contributed by atoms with Crippen LogP contribution in [0.2, 0.25) is 5.02 Å². The van der Waals surface area contributed by atoms with Gasteiger partial charge in [-0.2, -0.15) is 4.98 Å². The van der Waals surface area contributed by atoms with Gasteiger partial charge >= 0.3 is 0 Å². The smallest absolute Gasteiger partial charge is 0.240 e. The number of carbonyl (C=O) groups is 1. The van der Waals surface area contributed by atoms with E-state index < -0.39 is 5.54 Å². The zero-order valence-electron chi connectivity index (χ0n) is 13.8. The van der Waals surface area contributed by atoms with Gasteiger partial charge in [0.05, 0.1) is 5.54 Å². The van der Waals surface area contributed by atoms with Crippen LogP contribution in [-0.4, -0.2) is 28.1 Å². The van der Waals surface area contributed by atoms with Crippen molar-refractivity contribution in [3.8, 4) is 11.4 Å². The summed E-state index contributed by atoms with van der Waals surface area (Å²) < 4.78 is 5.23. The minimum atomic E-state index is -0.721. The summed E-state index contributed by atoms with van der Waals surface area (Å²) in [5, 5.41) is 7.50. The Bertz CT molecular complexity index is 697. The number of amides is 1. The fraction of sp³-hybridized carbons (Fsp3) is 0.471. The third-order valence-electron chi connectivity index (χ3n) is 4.39. The normalized spacial score (nSPS) is 16.1. The molecule has 0 saturated heterocycles. The van der Waals surface area contributed by atoms with Crippen molar-refractivity contribution in [1.29, 1.82) is 0 Å². The predicted molar refractivity (Wildman–Crippen MR) is 98.7 cm³/mol. The zero-order chi connectivity index (χ0) is 17.0. The number of hydrogen-bond acceptors (Lipinski definition) is 5. The molecule has 0 aliphatic heterocycles. The van der Waals surface area contributed by atoms with Gasteiger partial charge < -0.3 is 15.6 Å². The summed E-state index contributed by atoms with van der Waals surface area (Å²) in [6.07, 6.45) is 5.15. The molecule has 2 aromatic rings. The van der Waals surface area contributed by atoms with Crippen molar-refractivity contribution in [1.82, 2.24) is 15.5 Å². The Morgan fingerprint density at radius 3 is 2.60 bits per heavy atom. The van der Waals surface area contributed by atoms with Gasteiger partial charge in [0.15, 0.2) is 0 Å². The SMILES string of the molecule is Cl.NC1(C(=O)NCCc2nc(-c3ccc(Cl)cc3)no2)CCCCC1. The summed E-state index contributed by atoms with van der Waals surface area (Å²) in [5.74, 6) is 0.908. The molecule has 3 rings (SSSR count). The van der Waals surface area contributed by atoms with E-state index in [2.05, 4.69) is 15.5 Å². The van der Waals surface area contributed by atoms with Crippen LogP contribution in [0.25, 0.3) is 11.4 Å². The Balaban J connectivity index is 0.00000225. The first-order chi connectivity index (χ1) is 11.6. The van der Waals surface area contributed by atoms with Crippen LogP contribution in [0, 0.1) is 0 Å². The highest BCUT2D eigenvalue weighted by Crippen LogP contribution is 2.26. The van der Waals surface area contributed by atoms with Crippen LogP contribution in [-0.2, 0) is 11.2 Å². The average Bonchev–Trinajstić information content (AvgIpc) is 3.05. The maximum absolute atomic E-state index is 12.3. The summed E-state index contributed by atoms with van der Waals surface area (Å²) in [6, 6.07) is 7.22. The number of halogens is 2. The van der Waals surface area contributed by atoms with Crippen LogP contribution in [0.5, 0.6) is 0 Å². The summed E-state index contributed by atoms with van der Waals surface area (Å²) in [4.78, 5) is 16.6. The number of nitrogens with two attached hydrogens (primary N) is 1. The van der Waals surface area contributed by atoms with Crippen LogP contribution < -0.4 is 11.1 Å². The molecule has 1 aliphatic rings. The van der Waals surface area contributed by atoms with Crippen molar-refractivity contribution >= 4 is 29.9 Å². The second-order valence-corrected chi connectivity index (χ2v) is 6.68. The second-order valence-electron chi connectivity index (χ2n) is 6.24. The summed E-state index contributed by atoms with van der Waals surface area (Å²) >= 11 is 5.86. The van der Waals surface area contributed by atoms with Crippen molar-refractivity contribution < 1.29 is 9.32 Å². The van der Waals surface area contributed by atoms with Gasteiger partial charge in [0, 0.05) is 23.6 Å². The Labute approximate surface area is 157 Å². The fourth-order valence-corrected chi connectivity index (χ4v) is 3.07. The molecule has 1 fully saturated rings. The van der Waals surface area contributed by atoms with E-state index in [1.807, 2.05) is 12.1 Å². The third kappa shape index (κ3) is 4.93. The number of rotatable bonds is 5. The van der Waals surface area contributed by atoms with Gasteiger partial charge in [-0.1, -0.05) is 36.0 Å². The highest BCUT2D eigenvalue weighted by Gasteiger charge is 2.34. The number of carbonyl (C=O) groups excluding carboxylic acids is 1. The molecule has 136 valence electrons. The molecule has 1 aromatic carbocycles. The lowest BCUT2D eigenvalue weighted by atomic mass is 9.82. The minimum absolute atomic E-state index is 0. The summed E-state index contributed by atoms with van der Waals surface area (Å²) in [5.41, 5.74) is 6.31. The summed E-state index contributed by atoms with van der Waals surface area (Å²) in [7, 11) is 0. The van der Waals surface area contributed by atoms with Crippen molar-refractivity contribution in [2.24, 2.45) is 5.73 Å². The maximum Gasteiger partial charge on any atom is 0.240 e. The first-order valence-electron chi connectivity index (χ1n) is 8.22. The molecule has 6 nitrogen and oxygen atoms in total. The van der Waals surface area contributed by atoms with E-state index in [0.29, 0.717) is 29.7 Å². The number of aromatic nitrogens is 2. The van der Waals surface area contributed by atoms with Crippen LogP contribution in [0.3, 0.4) is 0 Å². The standard InChI is InChI=1S/C17H21ClN4O2.ClH/c18-13-6-4-12(5-7-13)15-21-14(24-22-15)8-11-20-16(23)17(19)9-2-1-3-10-17;/h4-7H,1-3,8-11,19H2,(H,20,23);1H. The Kier molecular flexibility index (Phi) is 6.81. The molecule has 1 heterocycles. The van der Waals surface area contributed by atoms with Crippen molar-refractivity contribution in [2.45, 2.75) is 44.1 Å². The largest absolute Gasteiger partial charge is 0.354 e. The van der Waals surface area contributed by atoms with Crippen LogP contribution in [0.4, 0.5) is 0 Å². The number of benzene rings is 1. The highest BCUT2D eigenvalue weighted by molar-refractivity contribution is 6.30. The molecule has 1 saturated carbocycles. The molecule has 1 aromatic heterocycles. The monoisotopic (exact) mass is 384 g/mol. The van der Waals surface area contributed by atoms with Crippen LogP contribution in [0.1, 0.15) is 38.0 Å². The van der Waals surface area contributed by atoms with Gasteiger partial charge in [-0.25, -0.2) is 0 Å². The van der Waals surface area contributed by atoms with Crippen LogP contribution in [0.15, 0.2) is 28.8 Å². The van der Waals surface area contributed by atoms with E-state index in [-0.39, 0.29) is 18.3 Å². The van der Waals surface area contributed by atoms with E-state index in [4.69, 9.17) is 21.9 Å². The Hall–Kier alpha value is -1.63. The van der Waals surface area contributed by atoms with Crippen molar-refractivity contribution in [3.63, 3.8) is 0 Å². The lowest BCUT2D eigenvalue weighted by Crippen LogP contribution is -2.55. The minimum Gasteiger partial charge on any atom is -0.354 e. The predicted octanol–water partition coefficient (Wildman–Crippen LogP) is 3.13. The van der Waals surface area contributed by atoms with Crippen molar-refractivity contribution in [3.05, 3.63) is 35.2 Å². The van der Waals surface area contributed by atoms with Crippen LogP contribution >= 0.6 is 24.0 Å². The Morgan fingerprint density at radius 1 is 1.24 bits per heavy atom. The van der Waals surface area contributed by atoms with E-state index in [0.717, 1.165) is 37.7 Å². The van der Waals surface area contributed by atoms with Gasteiger partial charge in [0.2, 0.25) is 17.6 Å². The maximum atomic E-state index is 12.3. The second kappa shape index (κ2) is 8.65. The molecule has 8 heteroatoms. The molecule has 25 heavy (non-hydrogen) atoms. The highest BCUT2D eigenvalue weighted by atomic mass is 35.5. The first-order valence-corrected chi connectivity index (χ1v) is 8.60. The molecule has 3 N–H and O–H groups in total. The number of nitrogens with one attached hydrogen (secondary N) is 1. The number of nitrogens with zero attached hydrogens (tertiary/aromatic N) is 2. The Morgan fingerprint density at radius 2 is 1.92 bits per heavy atom. The first kappa shape index (κ1) is 19.7. The van der Waals surface area contributed by atoms with E-state index in [1.165, 1.54) is 0 Å². The van der Waals surface area contributed by atoms with E-state index in [1.54, 1.807) is 12.1 Å². The van der Waals surface area contributed by atoms with Gasteiger partial charge in [0.1, 0.15) is 0 Å². The molecule has 0 bridgehead atoms. The molecule has 0 radical (unpaired) electrons. The molecular formula is C17H22Cl2N4O2. The third-order valence-corrected chi connectivity index (χ3v) is 4.64. The topological polar surface area (TPSA) is 94.0 Å². The lowest BCUT2D eigenvalue weighted by molar-refractivity contribution is -0.127. The number of hydrogen-bond donors (Lipinski definition) is 2. The van der Waals surface area contributed by atoms with E-state index in [9.17, 15) is 4.79 Å². The molecule has 1 amide bonds. The fourth-order valence-electron chi connectivity index (χ4n) is 2.94. The summed E-state index contributed by atoms with van der Waals surface area (Å²) in [6.45, 7) is 0.431. The van der Waals surface area contributed by atoms with Gasteiger partial charge in [-0.3, -0.25) is 4.79 Å². The molecule has 0 spiro atoms. The molecular weight excluding hydrogens is 363 g/mol. The van der Waals surface area contributed by atoms with Crippen molar-refractivity contribution in [2.75, 3.05) is 6.54 Å².